The second-order valence-electron chi connectivity index (χ2n) is 1.73. The van der Waals surface area contributed by atoms with Crippen molar-refractivity contribution in [2.75, 3.05) is 6.61 Å². The van der Waals surface area contributed by atoms with Gasteiger partial charge in [0.05, 0.1) is 6.61 Å². The molecule has 0 unspecified atom stereocenters. The summed E-state index contributed by atoms with van der Waals surface area (Å²) in [7, 11) is 0. The van der Waals surface area contributed by atoms with Gasteiger partial charge in [0.1, 0.15) is 0 Å². The monoisotopic (exact) mass is 135 g/mol. The molecule has 0 bridgehead atoms. The molecule has 1 saturated heterocycles. The van der Waals surface area contributed by atoms with Crippen LogP contribution in [0, 0.1) is 5.41 Å². The van der Waals surface area contributed by atoms with Crippen molar-refractivity contribution in [3.63, 3.8) is 0 Å². The van der Waals surface area contributed by atoms with Gasteiger partial charge >= 0.3 is 0 Å². The lowest BCUT2D eigenvalue weighted by molar-refractivity contribution is 0.257. The third-order valence-corrected chi connectivity index (χ3v) is 1.07. The van der Waals surface area contributed by atoms with Gasteiger partial charge < -0.3 is 4.74 Å². The van der Waals surface area contributed by atoms with Crippen molar-refractivity contribution in [2.24, 2.45) is 0 Å². The molecule has 0 spiro atoms. The molecule has 2 nitrogen and oxygen atoms in total. The summed E-state index contributed by atoms with van der Waals surface area (Å²) in [5.41, 5.74) is 0. The molecule has 0 atom stereocenters. The summed E-state index contributed by atoms with van der Waals surface area (Å²) >= 11 is 0. The van der Waals surface area contributed by atoms with E-state index in [1.165, 1.54) is 0 Å². The summed E-state index contributed by atoms with van der Waals surface area (Å²) < 4.78 is 4.86. The molecule has 0 aliphatic carbocycles. The van der Waals surface area contributed by atoms with Gasteiger partial charge in [-0.2, -0.15) is 0 Å². The molecule has 1 aliphatic heterocycles. The van der Waals surface area contributed by atoms with Crippen molar-refractivity contribution in [1.82, 2.24) is 0 Å². The Morgan fingerprint density at radius 1 is 1.38 bits per heavy atom. The first-order chi connectivity index (χ1) is 3.39. The first kappa shape index (κ1) is 7.76. The molecule has 1 N–H and O–H groups in total. The van der Waals surface area contributed by atoms with Crippen LogP contribution in [0.4, 0.5) is 0 Å². The molecule has 0 saturated carbocycles. The second-order valence-corrected chi connectivity index (χ2v) is 1.73. The number of halogens is 1. The van der Waals surface area contributed by atoms with E-state index in [-0.39, 0.29) is 12.4 Å². The lowest BCUT2D eigenvalue weighted by Gasteiger charge is -2.11. The molecule has 1 heterocycles. The van der Waals surface area contributed by atoms with Gasteiger partial charge in [0.2, 0.25) is 0 Å². The van der Waals surface area contributed by atoms with Crippen LogP contribution < -0.4 is 0 Å². The fraction of sp³-hybridized carbons (Fsp3) is 0.800. The van der Waals surface area contributed by atoms with Crippen LogP contribution in [0.3, 0.4) is 0 Å². The highest BCUT2D eigenvalue weighted by Gasteiger charge is 2.02. The van der Waals surface area contributed by atoms with Crippen molar-refractivity contribution < 1.29 is 4.74 Å². The van der Waals surface area contributed by atoms with E-state index in [9.17, 15) is 0 Å². The van der Waals surface area contributed by atoms with Crippen molar-refractivity contribution in [3.05, 3.63) is 0 Å². The molecular weight excluding hydrogens is 126 g/mol. The average Bonchev–Trinajstić information content (AvgIpc) is 1.69. The van der Waals surface area contributed by atoms with Crippen LogP contribution in [0.2, 0.25) is 0 Å². The number of rotatable bonds is 0. The highest BCUT2D eigenvalue weighted by atomic mass is 35.5. The zero-order chi connectivity index (χ0) is 5.11. The molecule has 3 heteroatoms. The Kier molecular flexibility index (Phi) is 3.61. The summed E-state index contributed by atoms with van der Waals surface area (Å²) in [6.07, 6.45) is 3.11. The summed E-state index contributed by atoms with van der Waals surface area (Å²) in [4.78, 5) is 0. The van der Waals surface area contributed by atoms with Crippen molar-refractivity contribution in [2.45, 2.75) is 19.3 Å². The first-order valence-corrected chi connectivity index (χ1v) is 2.60. The molecule has 1 aliphatic rings. The lowest BCUT2D eigenvalue weighted by Crippen LogP contribution is -2.10. The highest BCUT2D eigenvalue weighted by molar-refractivity contribution is 5.85. The zero-order valence-corrected chi connectivity index (χ0v) is 5.46. The van der Waals surface area contributed by atoms with E-state index in [0.717, 1.165) is 25.9 Å². The first-order valence-electron chi connectivity index (χ1n) is 2.60. The Morgan fingerprint density at radius 3 is 2.38 bits per heavy atom. The van der Waals surface area contributed by atoms with Gasteiger partial charge in [-0.05, 0) is 12.8 Å². The second kappa shape index (κ2) is 3.72. The zero-order valence-electron chi connectivity index (χ0n) is 4.64. The minimum Gasteiger partial charge on any atom is -0.481 e. The Morgan fingerprint density at radius 2 is 2.12 bits per heavy atom. The number of ether oxygens (including phenoxy) is 1. The quantitative estimate of drug-likeness (QED) is 0.538. The SMILES string of the molecule is Cl.N=C1CCCCO1. The molecule has 8 heavy (non-hydrogen) atoms. The maximum Gasteiger partial charge on any atom is 0.180 e. The maximum atomic E-state index is 6.97. The van der Waals surface area contributed by atoms with E-state index in [4.69, 9.17) is 10.1 Å². The van der Waals surface area contributed by atoms with Crippen LogP contribution in [0.25, 0.3) is 0 Å². The third kappa shape index (κ3) is 2.17. The van der Waals surface area contributed by atoms with Gasteiger partial charge in [-0.25, -0.2) is 0 Å². The van der Waals surface area contributed by atoms with Crippen LogP contribution >= 0.6 is 12.4 Å². The van der Waals surface area contributed by atoms with E-state index in [2.05, 4.69) is 0 Å². The smallest absolute Gasteiger partial charge is 0.180 e. The van der Waals surface area contributed by atoms with Gasteiger partial charge in [0.25, 0.3) is 0 Å². The standard InChI is InChI=1S/C5H9NO.ClH/c6-5-3-1-2-4-7-5;/h6H,1-4H2;1H. The number of hydrogen-bond acceptors (Lipinski definition) is 2. The van der Waals surface area contributed by atoms with Crippen LogP contribution in [0.15, 0.2) is 0 Å². The molecule has 1 fully saturated rings. The molecule has 0 amide bonds. The number of nitrogens with one attached hydrogen (secondary N) is 1. The van der Waals surface area contributed by atoms with E-state index in [1.807, 2.05) is 0 Å². The van der Waals surface area contributed by atoms with Gasteiger partial charge in [0, 0.05) is 6.42 Å². The summed E-state index contributed by atoms with van der Waals surface area (Å²) in [6, 6.07) is 0. The largest absolute Gasteiger partial charge is 0.481 e. The molecule has 0 aromatic rings. The molecule has 0 radical (unpaired) electrons. The Bertz CT molecular complexity index is 76.5. The van der Waals surface area contributed by atoms with Gasteiger partial charge in [-0.1, -0.05) is 0 Å². The van der Waals surface area contributed by atoms with E-state index >= 15 is 0 Å². The summed E-state index contributed by atoms with van der Waals surface area (Å²) in [6.45, 7) is 0.763. The normalized spacial score (nSPS) is 18.8. The Labute approximate surface area is 55.1 Å². The van der Waals surface area contributed by atoms with Crippen LogP contribution in [-0.2, 0) is 4.74 Å². The predicted molar refractivity (Wildman–Crippen MR) is 34.8 cm³/mol. The fourth-order valence-electron chi connectivity index (χ4n) is 0.655. The van der Waals surface area contributed by atoms with Crippen LogP contribution in [0.1, 0.15) is 19.3 Å². The topological polar surface area (TPSA) is 33.1 Å². The molecule has 48 valence electrons. The molecule has 0 aromatic carbocycles. The lowest BCUT2D eigenvalue weighted by atomic mass is 10.2. The van der Waals surface area contributed by atoms with Crippen LogP contribution in [-0.4, -0.2) is 12.5 Å². The van der Waals surface area contributed by atoms with Crippen LogP contribution in [0.5, 0.6) is 0 Å². The summed E-state index contributed by atoms with van der Waals surface area (Å²) in [5.74, 6) is 0.464. The fourth-order valence-corrected chi connectivity index (χ4v) is 0.655. The van der Waals surface area contributed by atoms with Gasteiger partial charge in [-0.15, -0.1) is 12.4 Å². The van der Waals surface area contributed by atoms with E-state index in [0.29, 0.717) is 5.90 Å². The highest BCUT2D eigenvalue weighted by Crippen LogP contribution is 2.04. The minimum atomic E-state index is 0. The molecule has 1 rings (SSSR count). The van der Waals surface area contributed by atoms with Crippen molar-refractivity contribution >= 4 is 18.3 Å². The summed E-state index contributed by atoms with van der Waals surface area (Å²) in [5, 5.41) is 6.97. The molecule has 0 aromatic heterocycles. The average molecular weight is 136 g/mol. The maximum absolute atomic E-state index is 6.97. The molecular formula is C5H10ClNO. The Balaban J connectivity index is 0.000000490. The van der Waals surface area contributed by atoms with Crippen molar-refractivity contribution in [3.8, 4) is 0 Å². The van der Waals surface area contributed by atoms with Gasteiger partial charge in [-0.3, -0.25) is 5.41 Å². The third-order valence-electron chi connectivity index (χ3n) is 1.07. The predicted octanol–water partition coefficient (Wildman–Crippen LogP) is 1.59. The van der Waals surface area contributed by atoms with E-state index in [1.54, 1.807) is 0 Å². The minimum absolute atomic E-state index is 0. The van der Waals surface area contributed by atoms with E-state index < -0.39 is 0 Å². The number of hydrogen-bond donors (Lipinski definition) is 1. The van der Waals surface area contributed by atoms with Crippen molar-refractivity contribution in [1.29, 1.82) is 5.41 Å². The Hall–Kier alpha value is -0.240. The van der Waals surface area contributed by atoms with Gasteiger partial charge in [0.15, 0.2) is 5.90 Å².